The van der Waals surface area contributed by atoms with Gasteiger partial charge in [-0.2, -0.15) is 0 Å². The van der Waals surface area contributed by atoms with Gasteiger partial charge >= 0.3 is 0 Å². The Balaban J connectivity index is 2.27. The van der Waals surface area contributed by atoms with Gasteiger partial charge in [0.1, 0.15) is 16.8 Å². The Morgan fingerprint density at radius 1 is 1.40 bits per heavy atom. The fourth-order valence-corrected chi connectivity index (χ4v) is 2.72. The number of hydrogen-bond acceptors (Lipinski definition) is 5. The zero-order valence-electron chi connectivity index (χ0n) is 14.3. The van der Waals surface area contributed by atoms with Crippen molar-refractivity contribution in [2.24, 2.45) is 7.05 Å². The topological polar surface area (TPSA) is 101 Å². The van der Waals surface area contributed by atoms with Gasteiger partial charge in [-0.1, -0.05) is 6.07 Å². The number of nitrogens with zero attached hydrogens (tertiary/aromatic N) is 3. The second kappa shape index (κ2) is 6.48. The average Bonchev–Trinajstić information content (AvgIpc) is 2.59. The summed E-state index contributed by atoms with van der Waals surface area (Å²) in [5.41, 5.74) is 1.61. The summed E-state index contributed by atoms with van der Waals surface area (Å²) in [7, 11) is 3.16. The van der Waals surface area contributed by atoms with Crippen LogP contribution in [0.2, 0.25) is 0 Å². The van der Waals surface area contributed by atoms with Crippen molar-refractivity contribution >= 4 is 22.6 Å². The maximum atomic E-state index is 12.8. The van der Waals surface area contributed by atoms with Crippen LogP contribution in [0.15, 0.2) is 29.2 Å². The molecule has 3 aromatic heterocycles. The van der Waals surface area contributed by atoms with Crippen LogP contribution >= 0.6 is 0 Å². The van der Waals surface area contributed by atoms with E-state index in [1.807, 2.05) is 13.0 Å². The molecule has 3 heterocycles. The summed E-state index contributed by atoms with van der Waals surface area (Å²) in [6.07, 6.45) is 1.64. The van der Waals surface area contributed by atoms with Crippen molar-refractivity contribution < 1.29 is 9.53 Å². The van der Waals surface area contributed by atoms with E-state index in [1.165, 1.54) is 22.1 Å². The molecule has 0 aliphatic rings. The first-order valence-corrected chi connectivity index (χ1v) is 7.79. The van der Waals surface area contributed by atoms with E-state index in [9.17, 15) is 9.59 Å². The molecule has 0 aliphatic carbocycles. The largest absolute Gasteiger partial charge is 0.383 e. The SMILES string of the molecule is COCCNC(=O)c1cc2c(=O)n3cccc(C)c3nc2n(C)c1=N. The first-order chi connectivity index (χ1) is 12.0. The summed E-state index contributed by atoms with van der Waals surface area (Å²) >= 11 is 0. The van der Waals surface area contributed by atoms with Crippen molar-refractivity contribution in [2.45, 2.75) is 6.92 Å². The van der Waals surface area contributed by atoms with E-state index < -0.39 is 5.91 Å². The minimum absolute atomic E-state index is 0.00717. The van der Waals surface area contributed by atoms with Gasteiger partial charge in [0.15, 0.2) is 0 Å². The van der Waals surface area contributed by atoms with Gasteiger partial charge in [-0.3, -0.25) is 19.4 Å². The Labute approximate surface area is 143 Å². The van der Waals surface area contributed by atoms with Crippen LogP contribution in [0, 0.1) is 12.3 Å². The maximum absolute atomic E-state index is 12.8. The zero-order valence-corrected chi connectivity index (χ0v) is 14.3. The molecule has 0 unspecified atom stereocenters. The zero-order chi connectivity index (χ0) is 18.1. The molecule has 8 heteroatoms. The maximum Gasteiger partial charge on any atom is 0.267 e. The number of aromatic nitrogens is 3. The predicted octanol–water partition coefficient (Wildman–Crippen LogP) is 0.350. The van der Waals surface area contributed by atoms with Crippen molar-refractivity contribution in [1.82, 2.24) is 19.3 Å². The molecule has 1 amide bonds. The molecule has 0 atom stereocenters. The number of carbonyl (C=O) groups is 1. The third-order valence-corrected chi connectivity index (χ3v) is 4.10. The number of rotatable bonds is 4. The Hall–Kier alpha value is -3.00. The van der Waals surface area contributed by atoms with Crippen molar-refractivity contribution in [3.05, 3.63) is 51.4 Å². The third kappa shape index (κ3) is 2.80. The van der Waals surface area contributed by atoms with Crippen LogP contribution < -0.4 is 16.4 Å². The lowest BCUT2D eigenvalue weighted by atomic mass is 10.2. The molecular weight excluding hydrogens is 322 g/mol. The normalized spacial score (nSPS) is 11.2. The van der Waals surface area contributed by atoms with Crippen LogP contribution in [0.25, 0.3) is 16.7 Å². The van der Waals surface area contributed by atoms with Crippen molar-refractivity contribution in [3.63, 3.8) is 0 Å². The van der Waals surface area contributed by atoms with Gasteiger partial charge in [0.2, 0.25) is 0 Å². The molecule has 0 fully saturated rings. The number of carbonyl (C=O) groups excluding carboxylic acids is 1. The third-order valence-electron chi connectivity index (χ3n) is 4.10. The van der Waals surface area contributed by atoms with Crippen molar-refractivity contribution in [3.8, 4) is 0 Å². The van der Waals surface area contributed by atoms with E-state index in [4.69, 9.17) is 10.1 Å². The molecule has 0 saturated carbocycles. The summed E-state index contributed by atoms with van der Waals surface area (Å²) in [5.74, 6) is -0.423. The van der Waals surface area contributed by atoms with Crippen LogP contribution in [0.5, 0.6) is 0 Å². The summed E-state index contributed by atoms with van der Waals surface area (Å²) in [6.45, 7) is 2.56. The average molecular weight is 341 g/mol. The molecule has 0 aliphatic heterocycles. The quantitative estimate of drug-likeness (QED) is 0.528. The highest BCUT2D eigenvalue weighted by atomic mass is 16.5. The van der Waals surface area contributed by atoms with Crippen molar-refractivity contribution in [1.29, 1.82) is 5.41 Å². The standard InChI is InChI=1S/C17H19N5O3/c1-10-5-4-7-22-14(10)20-15-12(17(22)24)9-11(13(18)21(15)2)16(23)19-6-8-25-3/h4-5,7,9,18H,6,8H2,1-3H3,(H,19,23). The fourth-order valence-electron chi connectivity index (χ4n) is 2.72. The van der Waals surface area contributed by atoms with E-state index in [0.717, 1.165) is 5.56 Å². The summed E-state index contributed by atoms with van der Waals surface area (Å²) in [4.78, 5) is 29.7. The molecule has 0 radical (unpaired) electrons. The predicted molar refractivity (Wildman–Crippen MR) is 92.7 cm³/mol. The first-order valence-electron chi connectivity index (χ1n) is 7.79. The molecule has 3 aromatic rings. The number of aryl methyl sites for hydroxylation is 2. The van der Waals surface area contributed by atoms with E-state index in [2.05, 4.69) is 10.3 Å². The lowest BCUT2D eigenvalue weighted by Crippen LogP contribution is -2.35. The van der Waals surface area contributed by atoms with Gasteiger partial charge in [0, 0.05) is 26.9 Å². The number of amides is 1. The molecule has 25 heavy (non-hydrogen) atoms. The molecule has 130 valence electrons. The minimum Gasteiger partial charge on any atom is -0.383 e. The smallest absolute Gasteiger partial charge is 0.267 e. The number of methoxy groups -OCH3 is 1. The summed E-state index contributed by atoms with van der Waals surface area (Å²) in [5, 5.41) is 11.2. The highest BCUT2D eigenvalue weighted by molar-refractivity contribution is 5.96. The van der Waals surface area contributed by atoms with E-state index in [1.54, 1.807) is 19.3 Å². The van der Waals surface area contributed by atoms with Gasteiger partial charge < -0.3 is 14.6 Å². The van der Waals surface area contributed by atoms with Crippen LogP contribution in [-0.2, 0) is 11.8 Å². The number of nitrogens with one attached hydrogen (secondary N) is 2. The second-order valence-electron chi connectivity index (χ2n) is 5.75. The van der Waals surface area contributed by atoms with Gasteiger partial charge in [0.25, 0.3) is 11.5 Å². The van der Waals surface area contributed by atoms with E-state index in [0.29, 0.717) is 29.8 Å². The van der Waals surface area contributed by atoms with Crippen LogP contribution in [0.1, 0.15) is 15.9 Å². The van der Waals surface area contributed by atoms with Crippen molar-refractivity contribution in [2.75, 3.05) is 20.3 Å². The fraction of sp³-hybridized carbons (Fsp3) is 0.294. The Kier molecular flexibility index (Phi) is 4.37. The van der Waals surface area contributed by atoms with E-state index in [-0.39, 0.29) is 16.6 Å². The lowest BCUT2D eigenvalue weighted by Gasteiger charge is -2.12. The highest BCUT2D eigenvalue weighted by Crippen LogP contribution is 2.11. The van der Waals surface area contributed by atoms with Gasteiger partial charge in [-0.05, 0) is 24.6 Å². The Morgan fingerprint density at radius 3 is 2.88 bits per heavy atom. The monoisotopic (exact) mass is 341 g/mol. The van der Waals surface area contributed by atoms with Crippen LogP contribution in [-0.4, -0.2) is 40.1 Å². The number of fused-ring (bicyclic) bond motifs is 2. The van der Waals surface area contributed by atoms with Gasteiger partial charge in [-0.15, -0.1) is 0 Å². The molecule has 2 N–H and O–H groups in total. The Bertz CT molecular complexity index is 1100. The summed E-state index contributed by atoms with van der Waals surface area (Å²) < 4.78 is 7.81. The number of pyridine rings is 2. The highest BCUT2D eigenvalue weighted by Gasteiger charge is 2.16. The summed E-state index contributed by atoms with van der Waals surface area (Å²) in [6, 6.07) is 5.07. The molecule has 0 spiro atoms. The first kappa shape index (κ1) is 16.8. The molecule has 0 saturated heterocycles. The number of ether oxygens (including phenoxy) is 1. The minimum atomic E-state index is -0.423. The number of hydrogen-bond donors (Lipinski definition) is 2. The van der Waals surface area contributed by atoms with Crippen LogP contribution in [0.3, 0.4) is 0 Å². The lowest BCUT2D eigenvalue weighted by molar-refractivity contribution is 0.0935. The van der Waals surface area contributed by atoms with E-state index >= 15 is 0 Å². The molecule has 0 bridgehead atoms. The molecule has 0 aromatic carbocycles. The Morgan fingerprint density at radius 2 is 2.16 bits per heavy atom. The molecular formula is C17H19N5O3. The molecule has 8 nitrogen and oxygen atoms in total. The second-order valence-corrected chi connectivity index (χ2v) is 5.75. The van der Waals surface area contributed by atoms with Gasteiger partial charge in [0.05, 0.1) is 17.6 Å². The van der Waals surface area contributed by atoms with Crippen LogP contribution in [0.4, 0.5) is 0 Å². The molecule has 3 rings (SSSR count). The van der Waals surface area contributed by atoms with Gasteiger partial charge in [-0.25, -0.2) is 4.98 Å².